The SMILES string of the molecule is CN(C)CC(=O)C1CC2C=CC1C2. The van der Waals surface area contributed by atoms with E-state index >= 15 is 0 Å². The topological polar surface area (TPSA) is 20.3 Å². The number of fused-ring (bicyclic) bond motifs is 2. The second kappa shape index (κ2) is 3.26. The Morgan fingerprint density at radius 2 is 2.15 bits per heavy atom. The van der Waals surface area contributed by atoms with Crippen LogP contribution < -0.4 is 0 Å². The van der Waals surface area contributed by atoms with Gasteiger partial charge in [0.1, 0.15) is 5.78 Å². The van der Waals surface area contributed by atoms with E-state index in [1.54, 1.807) is 0 Å². The van der Waals surface area contributed by atoms with Crippen LogP contribution in [-0.2, 0) is 4.79 Å². The summed E-state index contributed by atoms with van der Waals surface area (Å²) in [4.78, 5) is 13.7. The molecule has 0 heterocycles. The lowest BCUT2D eigenvalue weighted by molar-refractivity contribution is -0.124. The molecular weight excluding hydrogens is 162 g/mol. The molecule has 2 nitrogen and oxygen atoms in total. The van der Waals surface area contributed by atoms with Crippen molar-refractivity contribution < 1.29 is 4.79 Å². The lowest BCUT2D eigenvalue weighted by atomic mass is 9.89. The molecule has 2 aliphatic carbocycles. The van der Waals surface area contributed by atoms with Crippen LogP contribution in [0.25, 0.3) is 0 Å². The van der Waals surface area contributed by atoms with Gasteiger partial charge in [-0.1, -0.05) is 12.2 Å². The molecule has 3 atom stereocenters. The van der Waals surface area contributed by atoms with Crippen LogP contribution in [0.5, 0.6) is 0 Å². The minimum absolute atomic E-state index is 0.331. The second-order valence-corrected chi connectivity index (χ2v) is 4.59. The van der Waals surface area contributed by atoms with Crippen LogP contribution in [0.15, 0.2) is 12.2 Å². The molecule has 72 valence electrons. The Balaban J connectivity index is 1.95. The Kier molecular flexibility index (Phi) is 2.24. The fourth-order valence-electron chi connectivity index (χ4n) is 2.58. The standard InChI is InChI=1S/C11H17NO/c1-12(2)7-11(13)10-6-8-3-4-9(10)5-8/h3-4,8-10H,5-7H2,1-2H3. The monoisotopic (exact) mass is 179 g/mol. The first-order valence-corrected chi connectivity index (χ1v) is 5.02. The van der Waals surface area contributed by atoms with E-state index in [9.17, 15) is 4.79 Å². The number of Topliss-reactive ketones (excluding diaryl/α,β-unsaturated/α-hetero) is 1. The van der Waals surface area contributed by atoms with Gasteiger partial charge < -0.3 is 4.90 Å². The lowest BCUT2D eigenvalue weighted by Gasteiger charge is -2.18. The van der Waals surface area contributed by atoms with Gasteiger partial charge in [-0.3, -0.25) is 4.79 Å². The highest BCUT2D eigenvalue weighted by atomic mass is 16.1. The third kappa shape index (κ3) is 1.68. The Labute approximate surface area is 79.6 Å². The highest BCUT2D eigenvalue weighted by Gasteiger charge is 2.39. The molecule has 3 unspecified atom stereocenters. The number of rotatable bonds is 3. The van der Waals surface area contributed by atoms with Crippen molar-refractivity contribution in [3.63, 3.8) is 0 Å². The maximum absolute atomic E-state index is 11.8. The van der Waals surface area contributed by atoms with E-state index in [1.165, 1.54) is 6.42 Å². The molecule has 0 amide bonds. The fraction of sp³-hybridized carbons (Fsp3) is 0.727. The largest absolute Gasteiger partial charge is 0.302 e. The molecule has 13 heavy (non-hydrogen) atoms. The summed E-state index contributed by atoms with van der Waals surface area (Å²) in [7, 11) is 3.92. The van der Waals surface area contributed by atoms with Gasteiger partial charge in [-0.05, 0) is 38.8 Å². The van der Waals surface area contributed by atoms with Crippen molar-refractivity contribution in [3.05, 3.63) is 12.2 Å². The number of hydrogen-bond donors (Lipinski definition) is 0. The van der Waals surface area contributed by atoms with Crippen LogP contribution in [0, 0.1) is 17.8 Å². The van der Waals surface area contributed by atoms with Crippen molar-refractivity contribution in [2.45, 2.75) is 12.8 Å². The van der Waals surface area contributed by atoms with E-state index in [-0.39, 0.29) is 0 Å². The zero-order valence-corrected chi connectivity index (χ0v) is 8.36. The fourth-order valence-corrected chi connectivity index (χ4v) is 2.58. The van der Waals surface area contributed by atoms with Crippen LogP contribution in [0.2, 0.25) is 0 Å². The number of carbonyl (C=O) groups excluding carboxylic acids is 1. The molecule has 2 bridgehead atoms. The number of hydrogen-bond acceptors (Lipinski definition) is 2. The first-order valence-electron chi connectivity index (χ1n) is 5.02. The Bertz CT molecular complexity index is 244. The maximum Gasteiger partial charge on any atom is 0.150 e. The van der Waals surface area contributed by atoms with Gasteiger partial charge in [-0.25, -0.2) is 0 Å². The summed E-state index contributed by atoms with van der Waals surface area (Å²) in [6.45, 7) is 0.613. The molecule has 1 fully saturated rings. The van der Waals surface area contributed by atoms with Crippen molar-refractivity contribution in [2.75, 3.05) is 20.6 Å². The average Bonchev–Trinajstić information content (AvgIpc) is 2.62. The predicted molar refractivity (Wildman–Crippen MR) is 52.4 cm³/mol. The maximum atomic E-state index is 11.8. The Hall–Kier alpha value is -0.630. The molecular formula is C11H17NO. The Morgan fingerprint density at radius 3 is 2.62 bits per heavy atom. The number of likely N-dealkylation sites (N-methyl/N-ethyl adjacent to an activating group) is 1. The van der Waals surface area contributed by atoms with Gasteiger partial charge in [-0.15, -0.1) is 0 Å². The number of carbonyl (C=O) groups is 1. The van der Waals surface area contributed by atoms with Crippen LogP contribution >= 0.6 is 0 Å². The molecule has 0 aromatic rings. The summed E-state index contributed by atoms with van der Waals surface area (Å²) in [5.41, 5.74) is 0. The smallest absolute Gasteiger partial charge is 0.150 e. The normalized spacial score (nSPS) is 36.1. The highest BCUT2D eigenvalue weighted by molar-refractivity contribution is 5.84. The number of nitrogens with zero attached hydrogens (tertiary/aromatic N) is 1. The van der Waals surface area contributed by atoms with Crippen LogP contribution in [0.3, 0.4) is 0 Å². The molecule has 0 saturated heterocycles. The molecule has 0 aromatic carbocycles. The van der Waals surface area contributed by atoms with Gasteiger partial charge in [0.15, 0.2) is 0 Å². The van der Waals surface area contributed by atoms with Gasteiger partial charge in [0.2, 0.25) is 0 Å². The van der Waals surface area contributed by atoms with E-state index in [0.29, 0.717) is 30.1 Å². The highest BCUT2D eigenvalue weighted by Crippen LogP contribution is 2.43. The van der Waals surface area contributed by atoms with E-state index in [2.05, 4.69) is 12.2 Å². The van der Waals surface area contributed by atoms with Gasteiger partial charge in [0.25, 0.3) is 0 Å². The molecule has 1 saturated carbocycles. The third-order valence-corrected chi connectivity index (χ3v) is 3.16. The molecule has 2 aliphatic rings. The van der Waals surface area contributed by atoms with E-state index in [4.69, 9.17) is 0 Å². The molecule has 0 spiro atoms. The molecule has 0 aliphatic heterocycles. The zero-order chi connectivity index (χ0) is 9.42. The second-order valence-electron chi connectivity index (χ2n) is 4.59. The summed E-state index contributed by atoms with van der Waals surface area (Å²) in [6.07, 6.45) is 6.86. The van der Waals surface area contributed by atoms with Crippen LogP contribution in [0.4, 0.5) is 0 Å². The summed E-state index contributed by atoms with van der Waals surface area (Å²) in [5, 5.41) is 0. The van der Waals surface area contributed by atoms with Crippen molar-refractivity contribution in [1.82, 2.24) is 4.90 Å². The predicted octanol–water partition coefficient (Wildman–Crippen LogP) is 1.33. The first kappa shape index (κ1) is 8.95. The van der Waals surface area contributed by atoms with Crippen molar-refractivity contribution in [1.29, 1.82) is 0 Å². The van der Waals surface area contributed by atoms with E-state index in [0.717, 1.165) is 6.42 Å². The van der Waals surface area contributed by atoms with Crippen molar-refractivity contribution >= 4 is 5.78 Å². The van der Waals surface area contributed by atoms with Gasteiger partial charge in [0.05, 0.1) is 6.54 Å². The molecule has 2 rings (SSSR count). The minimum atomic E-state index is 0.331. The molecule has 0 aromatic heterocycles. The molecule has 0 radical (unpaired) electrons. The van der Waals surface area contributed by atoms with Crippen molar-refractivity contribution in [2.24, 2.45) is 17.8 Å². The summed E-state index contributed by atoms with van der Waals surface area (Å²) in [6, 6.07) is 0. The van der Waals surface area contributed by atoms with Gasteiger partial charge in [-0.2, -0.15) is 0 Å². The van der Waals surface area contributed by atoms with Gasteiger partial charge in [0, 0.05) is 5.92 Å². The van der Waals surface area contributed by atoms with Crippen LogP contribution in [-0.4, -0.2) is 31.3 Å². The van der Waals surface area contributed by atoms with E-state index in [1.807, 2.05) is 19.0 Å². The molecule has 2 heteroatoms. The minimum Gasteiger partial charge on any atom is -0.302 e. The first-order chi connectivity index (χ1) is 6.16. The third-order valence-electron chi connectivity index (χ3n) is 3.16. The number of allylic oxidation sites excluding steroid dienone is 2. The van der Waals surface area contributed by atoms with Gasteiger partial charge >= 0.3 is 0 Å². The number of ketones is 1. The summed E-state index contributed by atoms with van der Waals surface area (Å²) in [5.74, 6) is 2.04. The van der Waals surface area contributed by atoms with E-state index < -0.39 is 0 Å². The Morgan fingerprint density at radius 1 is 1.38 bits per heavy atom. The zero-order valence-electron chi connectivity index (χ0n) is 8.36. The summed E-state index contributed by atoms with van der Waals surface area (Å²) >= 11 is 0. The summed E-state index contributed by atoms with van der Waals surface area (Å²) < 4.78 is 0. The average molecular weight is 179 g/mol. The van der Waals surface area contributed by atoms with Crippen LogP contribution in [0.1, 0.15) is 12.8 Å². The van der Waals surface area contributed by atoms with Crippen molar-refractivity contribution in [3.8, 4) is 0 Å². The molecule has 0 N–H and O–H groups in total. The lowest BCUT2D eigenvalue weighted by Crippen LogP contribution is -2.29. The quantitative estimate of drug-likeness (QED) is 0.609.